The molecule has 0 saturated heterocycles. The lowest BCUT2D eigenvalue weighted by Crippen LogP contribution is -2.35. The summed E-state index contributed by atoms with van der Waals surface area (Å²) in [6.07, 6.45) is 2.74. The molecule has 126 valence electrons. The van der Waals surface area contributed by atoms with Crippen molar-refractivity contribution in [3.63, 3.8) is 0 Å². The highest BCUT2D eigenvalue weighted by atomic mass is 32.2. The van der Waals surface area contributed by atoms with E-state index in [0.717, 1.165) is 5.69 Å². The highest BCUT2D eigenvalue weighted by Gasteiger charge is 2.17. The van der Waals surface area contributed by atoms with Gasteiger partial charge >= 0.3 is 0 Å². The average molecular weight is 338 g/mol. The Morgan fingerprint density at radius 1 is 1.26 bits per heavy atom. The van der Waals surface area contributed by atoms with Crippen molar-refractivity contribution in [3.05, 3.63) is 36.2 Å². The van der Waals surface area contributed by atoms with E-state index in [-0.39, 0.29) is 4.90 Å². The first-order valence-electron chi connectivity index (χ1n) is 7.20. The van der Waals surface area contributed by atoms with Crippen LogP contribution in [0.4, 0.5) is 0 Å². The van der Waals surface area contributed by atoms with Gasteiger partial charge in [0.15, 0.2) is 9.84 Å². The molecule has 1 N–H and O–H groups in total. The monoisotopic (exact) mass is 338 g/mol. The highest BCUT2D eigenvalue weighted by molar-refractivity contribution is 7.90. The zero-order chi connectivity index (χ0) is 17.3. The number of rotatable bonds is 6. The number of likely N-dealkylation sites (N-methyl/N-ethyl adjacent to an activating group) is 1. The Morgan fingerprint density at radius 3 is 2.39 bits per heavy atom. The highest BCUT2D eigenvalue weighted by Crippen LogP contribution is 2.21. The summed E-state index contributed by atoms with van der Waals surface area (Å²) in [6.45, 7) is 4.56. The van der Waals surface area contributed by atoms with Crippen LogP contribution in [0.15, 0.2) is 39.8 Å². The van der Waals surface area contributed by atoms with Gasteiger partial charge in [-0.3, -0.25) is 4.90 Å². The van der Waals surface area contributed by atoms with Crippen LogP contribution >= 0.6 is 0 Å². The van der Waals surface area contributed by atoms with Crippen LogP contribution in [0.5, 0.6) is 0 Å². The van der Waals surface area contributed by atoms with Gasteiger partial charge in [-0.15, -0.1) is 0 Å². The van der Waals surface area contributed by atoms with E-state index in [0.29, 0.717) is 24.5 Å². The molecule has 0 aliphatic carbocycles. The third-order valence-corrected chi connectivity index (χ3v) is 4.30. The molecule has 0 saturated carbocycles. The van der Waals surface area contributed by atoms with Crippen LogP contribution in [-0.2, 0) is 16.4 Å². The van der Waals surface area contributed by atoms with Crippen molar-refractivity contribution in [2.75, 3.05) is 19.8 Å². The van der Waals surface area contributed by atoms with E-state index < -0.39 is 15.4 Å². The molecule has 0 bridgehead atoms. The van der Waals surface area contributed by atoms with Crippen LogP contribution in [0.25, 0.3) is 11.5 Å². The summed E-state index contributed by atoms with van der Waals surface area (Å²) in [5.74, 6) is 0.441. The summed E-state index contributed by atoms with van der Waals surface area (Å²) in [7, 11) is -1.32. The first-order chi connectivity index (χ1) is 10.5. The second-order valence-corrected chi connectivity index (χ2v) is 8.44. The molecule has 0 radical (unpaired) electrons. The van der Waals surface area contributed by atoms with Gasteiger partial charge in [0.2, 0.25) is 5.89 Å². The van der Waals surface area contributed by atoms with Crippen molar-refractivity contribution >= 4 is 9.84 Å². The Balaban J connectivity index is 2.10. The maximum absolute atomic E-state index is 11.5. The SMILES string of the molecule is CN(Cc1coc(-c2ccc(S(C)(=O)=O)cc2)n1)CC(C)(C)O. The fourth-order valence-corrected chi connectivity index (χ4v) is 2.98. The first-order valence-corrected chi connectivity index (χ1v) is 9.09. The topological polar surface area (TPSA) is 83.6 Å². The van der Waals surface area contributed by atoms with E-state index in [2.05, 4.69) is 4.98 Å². The Labute approximate surface area is 136 Å². The molecule has 0 unspecified atom stereocenters. The van der Waals surface area contributed by atoms with Gasteiger partial charge in [0.1, 0.15) is 6.26 Å². The van der Waals surface area contributed by atoms with E-state index in [4.69, 9.17) is 4.42 Å². The molecule has 0 amide bonds. The van der Waals surface area contributed by atoms with Crippen molar-refractivity contribution in [1.82, 2.24) is 9.88 Å². The molecule has 2 rings (SSSR count). The number of oxazole rings is 1. The van der Waals surface area contributed by atoms with Gasteiger partial charge in [-0.05, 0) is 45.2 Å². The molecule has 7 heteroatoms. The van der Waals surface area contributed by atoms with Gasteiger partial charge in [-0.1, -0.05) is 0 Å². The number of sulfone groups is 1. The molecule has 1 heterocycles. The number of nitrogens with zero attached hydrogens (tertiary/aromatic N) is 2. The third-order valence-electron chi connectivity index (χ3n) is 3.17. The van der Waals surface area contributed by atoms with Gasteiger partial charge in [-0.2, -0.15) is 0 Å². The fourth-order valence-electron chi connectivity index (χ4n) is 2.35. The number of hydrogen-bond donors (Lipinski definition) is 1. The maximum Gasteiger partial charge on any atom is 0.226 e. The van der Waals surface area contributed by atoms with Crippen LogP contribution in [-0.4, -0.2) is 48.9 Å². The summed E-state index contributed by atoms with van der Waals surface area (Å²) in [4.78, 5) is 6.62. The lowest BCUT2D eigenvalue weighted by atomic mass is 10.1. The van der Waals surface area contributed by atoms with Crippen LogP contribution in [0.3, 0.4) is 0 Å². The molecular formula is C16H22N2O4S. The molecule has 0 aliphatic rings. The fraction of sp³-hybridized carbons (Fsp3) is 0.438. The smallest absolute Gasteiger partial charge is 0.226 e. The van der Waals surface area contributed by atoms with E-state index in [1.165, 1.54) is 18.4 Å². The second kappa shape index (κ2) is 6.43. The third kappa shape index (κ3) is 5.16. The van der Waals surface area contributed by atoms with Crippen molar-refractivity contribution < 1.29 is 17.9 Å². The number of aliphatic hydroxyl groups is 1. The quantitative estimate of drug-likeness (QED) is 0.867. The zero-order valence-corrected chi connectivity index (χ0v) is 14.6. The van der Waals surface area contributed by atoms with Crippen LogP contribution in [0.2, 0.25) is 0 Å². The summed E-state index contributed by atoms with van der Waals surface area (Å²) < 4.78 is 28.4. The minimum Gasteiger partial charge on any atom is -0.444 e. The van der Waals surface area contributed by atoms with Crippen molar-refractivity contribution in [3.8, 4) is 11.5 Å². The van der Waals surface area contributed by atoms with Crippen molar-refractivity contribution in [2.45, 2.75) is 30.9 Å². The summed E-state index contributed by atoms with van der Waals surface area (Å²) in [5.41, 5.74) is 0.690. The summed E-state index contributed by atoms with van der Waals surface area (Å²) in [6, 6.07) is 6.42. The number of aromatic nitrogens is 1. The average Bonchev–Trinajstić information content (AvgIpc) is 2.84. The molecule has 23 heavy (non-hydrogen) atoms. The molecule has 0 atom stereocenters. The molecule has 2 aromatic rings. The summed E-state index contributed by atoms with van der Waals surface area (Å²) >= 11 is 0. The van der Waals surface area contributed by atoms with E-state index in [1.807, 2.05) is 11.9 Å². The van der Waals surface area contributed by atoms with Crippen LogP contribution < -0.4 is 0 Å². The van der Waals surface area contributed by atoms with Gasteiger partial charge in [0.05, 0.1) is 16.2 Å². The predicted octanol–water partition coefficient (Wildman–Crippen LogP) is 1.95. The number of benzene rings is 1. The largest absolute Gasteiger partial charge is 0.444 e. The summed E-state index contributed by atoms with van der Waals surface area (Å²) in [5, 5.41) is 9.81. The van der Waals surface area contributed by atoms with Gasteiger partial charge in [0.25, 0.3) is 0 Å². The predicted molar refractivity (Wildman–Crippen MR) is 87.7 cm³/mol. The minimum atomic E-state index is -3.21. The maximum atomic E-state index is 11.5. The Bertz CT molecular complexity index is 758. The molecule has 6 nitrogen and oxygen atoms in total. The van der Waals surface area contributed by atoms with Crippen LogP contribution in [0, 0.1) is 0 Å². The Kier molecular flexibility index (Phi) is 4.93. The van der Waals surface area contributed by atoms with Gasteiger partial charge < -0.3 is 9.52 Å². The molecule has 0 aliphatic heterocycles. The number of hydrogen-bond acceptors (Lipinski definition) is 6. The van der Waals surface area contributed by atoms with Crippen molar-refractivity contribution in [1.29, 1.82) is 0 Å². The second-order valence-electron chi connectivity index (χ2n) is 6.43. The van der Waals surface area contributed by atoms with E-state index in [1.54, 1.807) is 32.2 Å². The Hall–Kier alpha value is -1.70. The lowest BCUT2D eigenvalue weighted by Gasteiger charge is -2.24. The Morgan fingerprint density at radius 2 is 1.87 bits per heavy atom. The van der Waals surface area contributed by atoms with Crippen LogP contribution in [0.1, 0.15) is 19.5 Å². The standard InChI is InChI=1S/C16H22N2O4S/c1-16(2,19)11-18(3)9-13-10-22-15(17-13)12-5-7-14(8-6-12)23(4,20)21/h5-8,10,19H,9,11H2,1-4H3. The molecule has 0 fully saturated rings. The first kappa shape index (κ1) is 17.7. The zero-order valence-electron chi connectivity index (χ0n) is 13.8. The normalized spacial score (nSPS) is 12.8. The molecule has 1 aromatic carbocycles. The molecule has 1 aromatic heterocycles. The van der Waals surface area contributed by atoms with Gasteiger partial charge in [0, 0.05) is 24.9 Å². The molecular weight excluding hydrogens is 316 g/mol. The van der Waals surface area contributed by atoms with E-state index >= 15 is 0 Å². The van der Waals surface area contributed by atoms with E-state index in [9.17, 15) is 13.5 Å². The lowest BCUT2D eigenvalue weighted by molar-refractivity contribution is 0.0421. The van der Waals surface area contributed by atoms with Crippen molar-refractivity contribution in [2.24, 2.45) is 0 Å². The van der Waals surface area contributed by atoms with Gasteiger partial charge in [-0.25, -0.2) is 13.4 Å². The minimum absolute atomic E-state index is 0.262. The molecule has 0 spiro atoms.